The molecule has 0 unspecified atom stereocenters. The Morgan fingerprint density at radius 2 is 2.00 bits per heavy atom. The lowest BCUT2D eigenvalue weighted by molar-refractivity contribution is -0.384. The fourth-order valence-electron chi connectivity index (χ4n) is 2.47. The van der Waals surface area contributed by atoms with Crippen LogP contribution in [0, 0.1) is 10.1 Å². The Balaban J connectivity index is 2.16. The van der Waals surface area contributed by atoms with E-state index in [1.165, 1.54) is 18.2 Å². The number of carbonyl (C=O) groups excluding carboxylic acids is 1. The number of hydrogen-bond acceptors (Lipinski definition) is 5. The smallest absolute Gasteiger partial charge is 0.270 e. The molecule has 0 radical (unpaired) electrons. The number of carbonyl (C=O) groups is 1. The highest BCUT2D eigenvalue weighted by molar-refractivity contribution is 6.38. The Labute approximate surface area is 125 Å². The van der Waals surface area contributed by atoms with Gasteiger partial charge in [0.25, 0.3) is 5.69 Å². The van der Waals surface area contributed by atoms with Crippen LogP contribution >= 0.6 is 0 Å². The van der Waals surface area contributed by atoms with Crippen LogP contribution in [0.2, 0.25) is 0 Å². The molecule has 2 aromatic rings. The average molecular weight is 296 g/mol. The van der Waals surface area contributed by atoms with Gasteiger partial charge in [0.1, 0.15) is 5.76 Å². The molecule has 1 aromatic heterocycles. The zero-order valence-electron chi connectivity index (χ0n) is 11.7. The Morgan fingerprint density at radius 1 is 1.23 bits per heavy atom. The second-order valence-corrected chi connectivity index (χ2v) is 4.91. The summed E-state index contributed by atoms with van der Waals surface area (Å²) in [5.41, 5.74) is 1.52. The van der Waals surface area contributed by atoms with E-state index in [-0.39, 0.29) is 33.9 Å². The van der Waals surface area contributed by atoms with Crippen molar-refractivity contribution in [1.82, 2.24) is 4.98 Å². The maximum Gasteiger partial charge on any atom is 0.270 e. The number of non-ortho nitro benzene ring substituents is 1. The minimum Gasteiger partial charge on any atom is -0.506 e. The Morgan fingerprint density at radius 3 is 2.68 bits per heavy atom. The monoisotopic (exact) mass is 296 g/mol. The van der Waals surface area contributed by atoms with Gasteiger partial charge in [-0.05, 0) is 24.6 Å². The quantitative estimate of drug-likeness (QED) is 0.693. The van der Waals surface area contributed by atoms with Crippen molar-refractivity contribution in [2.45, 2.75) is 13.3 Å². The fraction of sp³-hybridized carbons (Fsp3) is 0.125. The number of nitro benzene ring substituents is 1. The molecule has 0 amide bonds. The number of ketones is 1. The van der Waals surface area contributed by atoms with Crippen molar-refractivity contribution in [1.29, 1.82) is 0 Å². The summed E-state index contributed by atoms with van der Waals surface area (Å²) in [4.78, 5) is 27.1. The van der Waals surface area contributed by atoms with Crippen LogP contribution in [0.3, 0.4) is 0 Å². The number of allylic oxidation sites excluding steroid dienone is 1. The first kappa shape index (κ1) is 13.9. The van der Waals surface area contributed by atoms with Crippen molar-refractivity contribution in [2.24, 2.45) is 0 Å². The highest BCUT2D eigenvalue weighted by Crippen LogP contribution is 2.37. The fourth-order valence-corrected chi connectivity index (χ4v) is 2.47. The van der Waals surface area contributed by atoms with Gasteiger partial charge in [0.15, 0.2) is 5.78 Å². The Kier molecular flexibility index (Phi) is 3.21. The number of fused-ring (bicyclic) bond motifs is 1. The third-order valence-corrected chi connectivity index (χ3v) is 3.60. The maximum atomic E-state index is 12.5. The molecule has 0 bridgehead atoms. The second-order valence-electron chi connectivity index (χ2n) is 4.91. The molecule has 1 aromatic carbocycles. The van der Waals surface area contributed by atoms with Crippen LogP contribution in [0.5, 0.6) is 0 Å². The highest BCUT2D eigenvalue weighted by atomic mass is 16.6. The van der Waals surface area contributed by atoms with Gasteiger partial charge in [0.05, 0.1) is 16.2 Å². The van der Waals surface area contributed by atoms with Gasteiger partial charge >= 0.3 is 0 Å². The largest absolute Gasteiger partial charge is 0.506 e. The van der Waals surface area contributed by atoms with E-state index in [1.807, 2.05) is 13.0 Å². The molecule has 0 saturated heterocycles. The van der Waals surface area contributed by atoms with Crippen LogP contribution in [-0.2, 0) is 6.42 Å². The number of hydrogen-bond donors (Lipinski definition) is 1. The summed E-state index contributed by atoms with van der Waals surface area (Å²) in [5.74, 6) is -0.632. The lowest BCUT2D eigenvalue weighted by atomic mass is 10.1. The van der Waals surface area contributed by atoms with Crippen molar-refractivity contribution < 1.29 is 14.8 Å². The van der Waals surface area contributed by atoms with E-state index in [2.05, 4.69) is 4.98 Å². The molecule has 110 valence electrons. The molecule has 1 aliphatic rings. The third-order valence-electron chi connectivity index (χ3n) is 3.60. The van der Waals surface area contributed by atoms with Crippen LogP contribution in [0.1, 0.15) is 34.2 Å². The summed E-state index contributed by atoms with van der Waals surface area (Å²) in [7, 11) is 0. The number of aliphatic hydroxyl groups excluding tert-OH is 1. The average Bonchev–Trinajstić information content (AvgIpc) is 2.78. The number of rotatable bonds is 3. The molecule has 1 heterocycles. The Hall–Kier alpha value is -3.02. The van der Waals surface area contributed by atoms with E-state index in [4.69, 9.17) is 0 Å². The summed E-state index contributed by atoms with van der Waals surface area (Å²) < 4.78 is 0. The number of nitrogens with zero attached hydrogens (tertiary/aromatic N) is 2. The van der Waals surface area contributed by atoms with E-state index in [9.17, 15) is 20.0 Å². The van der Waals surface area contributed by atoms with Gasteiger partial charge < -0.3 is 5.11 Å². The first-order chi connectivity index (χ1) is 10.5. The zero-order chi connectivity index (χ0) is 15.9. The van der Waals surface area contributed by atoms with Crippen LogP contribution in [0.25, 0.3) is 11.3 Å². The predicted octanol–water partition coefficient (Wildman–Crippen LogP) is 3.17. The van der Waals surface area contributed by atoms with E-state index in [0.29, 0.717) is 12.1 Å². The van der Waals surface area contributed by atoms with Gasteiger partial charge in [-0.1, -0.05) is 13.0 Å². The van der Waals surface area contributed by atoms with Crippen molar-refractivity contribution in [2.75, 3.05) is 0 Å². The van der Waals surface area contributed by atoms with E-state index in [1.54, 1.807) is 12.1 Å². The molecule has 0 aliphatic heterocycles. The summed E-state index contributed by atoms with van der Waals surface area (Å²) in [6.07, 6.45) is 0.703. The molecule has 6 nitrogen and oxygen atoms in total. The minimum absolute atomic E-state index is 0.0887. The molecule has 0 atom stereocenters. The molecule has 1 N–H and O–H groups in total. The van der Waals surface area contributed by atoms with Crippen LogP contribution < -0.4 is 0 Å². The number of aryl methyl sites for hydroxylation is 1. The summed E-state index contributed by atoms with van der Waals surface area (Å²) in [6.45, 7) is 1.94. The number of Topliss-reactive ketones (excluding diaryl/α,β-unsaturated/α-hetero) is 1. The van der Waals surface area contributed by atoms with Crippen molar-refractivity contribution >= 4 is 22.8 Å². The Bertz CT molecular complexity index is 840. The molecular weight excluding hydrogens is 284 g/mol. The van der Waals surface area contributed by atoms with Gasteiger partial charge in [-0.3, -0.25) is 19.9 Å². The van der Waals surface area contributed by atoms with Gasteiger partial charge in [0.2, 0.25) is 0 Å². The van der Waals surface area contributed by atoms with Crippen molar-refractivity contribution in [3.63, 3.8) is 0 Å². The SMILES string of the molecule is CCc1cccc(C2=C(O)c3cc([N+](=O)[O-])ccc3C2=O)n1. The van der Waals surface area contributed by atoms with Gasteiger partial charge in [-0.2, -0.15) is 0 Å². The normalized spacial score (nSPS) is 13.4. The highest BCUT2D eigenvalue weighted by Gasteiger charge is 2.32. The summed E-state index contributed by atoms with van der Waals surface area (Å²) >= 11 is 0. The molecular formula is C16H12N2O4. The lowest BCUT2D eigenvalue weighted by Crippen LogP contribution is -2.02. The van der Waals surface area contributed by atoms with Crippen LogP contribution in [0.15, 0.2) is 36.4 Å². The molecule has 22 heavy (non-hydrogen) atoms. The number of pyridine rings is 1. The topological polar surface area (TPSA) is 93.3 Å². The van der Waals surface area contributed by atoms with E-state index < -0.39 is 4.92 Å². The molecule has 3 rings (SSSR count). The van der Waals surface area contributed by atoms with Gasteiger partial charge in [0, 0.05) is 29.0 Å². The first-order valence-electron chi connectivity index (χ1n) is 6.76. The summed E-state index contributed by atoms with van der Waals surface area (Å²) in [6, 6.07) is 9.06. The van der Waals surface area contributed by atoms with Crippen molar-refractivity contribution in [3.05, 3.63) is 69.0 Å². The summed E-state index contributed by atoms with van der Waals surface area (Å²) in [5, 5.41) is 21.2. The van der Waals surface area contributed by atoms with E-state index >= 15 is 0 Å². The molecule has 0 spiro atoms. The molecule has 1 aliphatic carbocycles. The third kappa shape index (κ3) is 2.05. The number of benzene rings is 1. The first-order valence-corrected chi connectivity index (χ1v) is 6.76. The molecule has 0 fully saturated rings. The van der Waals surface area contributed by atoms with Crippen LogP contribution in [0.4, 0.5) is 5.69 Å². The zero-order valence-corrected chi connectivity index (χ0v) is 11.7. The number of aromatic nitrogens is 1. The molecule has 6 heteroatoms. The minimum atomic E-state index is -0.564. The standard InChI is InChI=1S/C16H12N2O4/c1-2-9-4-3-5-13(17-9)14-15(19)11-7-6-10(18(21)22)8-12(11)16(14)20/h3-8,20H,2H2,1H3. The number of nitro groups is 1. The molecule has 0 saturated carbocycles. The van der Waals surface area contributed by atoms with Gasteiger partial charge in [-0.15, -0.1) is 0 Å². The van der Waals surface area contributed by atoms with E-state index in [0.717, 1.165) is 5.69 Å². The van der Waals surface area contributed by atoms with Gasteiger partial charge in [-0.25, -0.2) is 0 Å². The maximum absolute atomic E-state index is 12.5. The lowest BCUT2D eigenvalue weighted by Gasteiger charge is -2.03. The van der Waals surface area contributed by atoms with Crippen LogP contribution in [-0.4, -0.2) is 20.8 Å². The number of aliphatic hydroxyl groups is 1. The predicted molar refractivity (Wildman–Crippen MR) is 80.5 cm³/mol. The van der Waals surface area contributed by atoms with Crippen molar-refractivity contribution in [3.8, 4) is 0 Å². The second kappa shape index (κ2) is 5.07.